The van der Waals surface area contributed by atoms with E-state index < -0.39 is 0 Å². The van der Waals surface area contributed by atoms with Gasteiger partial charge in [-0.3, -0.25) is 4.79 Å². The van der Waals surface area contributed by atoms with Gasteiger partial charge in [0.15, 0.2) is 5.76 Å². The highest BCUT2D eigenvalue weighted by Gasteiger charge is 2.17. The van der Waals surface area contributed by atoms with Gasteiger partial charge in [-0.1, -0.05) is 13.8 Å². The lowest BCUT2D eigenvalue weighted by Gasteiger charge is -2.17. The van der Waals surface area contributed by atoms with Crippen molar-refractivity contribution in [3.05, 3.63) is 53.5 Å². The summed E-state index contributed by atoms with van der Waals surface area (Å²) in [4.78, 5) is 12.2. The molecule has 2 aromatic rings. The predicted molar refractivity (Wildman–Crippen MR) is 92.0 cm³/mol. The van der Waals surface area contributed by atoms with Gasteiger partial charge in [0.05, 0.1) is 24.3 Å². The van der Waals surface area contributed by atoms with Crippen LogP contribution >= 0.6 is 0 Å². The molecule has 0 aliphatic carbocycles. The van der Waals surface area contributed by atoms with E-state index in [1.54, 1.807) is 36.4 Å². The molecule has 1 heterocycles. The Labute approximate surface area is 147 Å². The molecular weight excluding hydrogens is 320 g/mol. The second-order valence-electron chi connectivity index (χ2n) is 6.17. The van der Waals surface area contributed by atoms with Crippen molar-refractivity contribution in [1.29, 1.82) is 5.26 Å². The third-order valence-electron chi connectivity index (χ3n) is 3.56. The number of amides is 1. The molecule has 0 saturated heterocycles. The lowest BCUT2D eigenvalue weighted by atomic mass is 10.0. The summed E-state index contributed by atoms with van der Waals surface area (Å²) in [7, 11) is 0. The van der Waals surface area contributed by atoms with Crippen molar-refractivity contribution in [2.45, 2.75) is 32.9 Å². The molecule has 0 fully saturated rings. The van der Waals surface area contributed by atoms with Crippen LogP contribution in [0.15, 0.2) is 40.8 Å². The summed E-state index contributed by atoms with van der Waals surface area (Å²) in [5.41, 5.74) is 0.559. The molecular formula is C19H22N2O4. The van der Waals surface area contributed by atoms with Crippen molar-refractivity contribution >= 4 is 5.91 Å². The van der Waals surface area contributed by atoms with Gasteiger partial charge in [-0.25, -0.2) is 0 Å². The number of benzene rings is 1. The van der Waals surface area contributed by atoms with Crippen LogP contribution < -0.4 is 10.1 Å². The van der Waals surface area contributed by atoms with Crippen LogP contribution in [0.3, 0.4) is 0 Å². The van der Waals surface area contributed by atoms with Crippen molar-refractivity contribution < 1.29 is 19.1 Å². The first kappa shape index (κ1) is 18.6. The molecule has 0 bridgehead atoms. The van der Waals surface area contributed by atoms with Crippen molar-refractivity contribution in [3.63, 3.8) is 0 Å². The number of hydrogen-bond acceptors (Lipinski definition) is 5. The van der Waals surface area contributed by atoms with E-state index in [1.807, 2.05) is 19.9 Å². The fourth-order valence-corrected chi connectivity index (χ4v) is 2.36. The van der Waals surface area contributed by atoms with Crippen LogP contribution in [0.5, 0.6) is 5.75 Å². The lowest BCUT2D eigenvalue weighted by Crippen LogP contribution is -2.38. The van der Waals surface area contributed by atoms with Crippen molar-refractivity contribution in [2.24, 2.45) is 5.92 Å². The van der Waals surface area contributed by atoms with E-state index in [0.717, 1.165) is 0 Å². The van der Waals surface area contributed by atoms with Crippen LogP contribution in [-0.4, -0.2) is 23.7 Å². The van der Waals surface area contributed by atoms with Crippen LogP contribution in [0.2, 0.25) is 0 Å². The number of carbonyl (C=O) groups is 1. The van der Waals surface area contributed by atoms with Gasteiger partial charge in [0.2, 0.25) is 0 Å². The largest absolute Gasteiger partial charge is 0.486 e. The van der Waals surface area contributed by atoms with Crippen LogP contribution in [-0.2, 0) is 6.61 Å². The van der Waals surface area contributed by atoms with Crippen molar-refractivity contribution in [2.75, 3.05) is 6.61 Å². The Balaban J connectivity index is 1.90. The van der Waals surface area contributed by atoms with E-state index in [2.05, 4.69) is 5.32 Å². The quantitative estimate of drug-likeness (QED) is 0.769. The molecule has 6 nitrogen and oxygen atoms in total. The summed E-state index contributed by atoms with van der Waals surface area (Å²) in [6, 6.07) is 11.7. The van der Waals surface area contributed by atoms with E-state index in [4.69, 9.17) is 14.4 Å². The van der Waals surface area contributed by atoms with Crippen LogP contribution in [0.25, 0.3) is 0 Å². The van der Waals surface area contributed by atoms with Gasteiger partial charge in [-0.05, 0) is 48.7 Å². The van der Waals surface area contributed by atoms with Crippen molar-refractivity contribution in [3.8, 4) is 11.8 Å². The highest BCUT2D eigenvalue weighted by Crippen LogP contribution is 2.16. The molecule has 1 aromatic carbocycles. The number of nitriles is 1. The SMILES string of the molecule is CC(C)CC(CO)NC(=O)c1ccc(COc2ccc(C#N)cc2)o1. The molecule has 6 heteroatoms. The number of aliphatic hydroxyl groups excluding tert-OH is 1. The zero-order valence-electron chi connectivity index (χ0n) is 14.4. The summed E-state index contributed by atoms with van der Waals surface area (Å²) in [5.74, 6) is 1.31. The highest BCUT2D eigenvalue weighted by molar-refractivity contribution is 5.91. The van der Waals surface area contributed by atoms with Crippen LogP contribution in [0.4, 0.5) is 0 Å². The molecule has 132 valence electrons. The second-order valence-corrected chi connectivity index (χ2v) is 6.17. The fraction of sp³-hybridized carbons (Fsp3) is 0.368. The molecule has 2 N–H and O–H groups in total. The third kappa shape index (κ3) is 5.66. The summed E-state index contributed by atoms with van der Waals surface area (Å²) in [6.45, 7) is 4.12. The van der Waals surface area contributed by atoms with Crippen molar-refractivity contribution in [1.82, 2.24) is 5.32 Å². The summed E-state index contributed by atoms with van der Waals surface area (Å²) >= 11 is 0. The molecule has 25 heavy (non-hydrogen) atoms. The molecule has 0 radical (unpaired) electrons. The molecule has 1 unspecified atom stereocenters. The minimum Gasteiger partial charge on any atom is -0.486 e. The first-order valence-electron chi connectivity index (χ1n) is 8.15. The summed E-state index contributed by atoms with van der Waals surface area (Å²) in [5, 5.41) is 20.9. The number of carbonyl (C=O) groups excluding carboxylic acids is 1. The topological polar surface area (TPSA) is 95.5 Å². The summed E-state index contributed by atoms with van der Waals surface area (Å²) < 4.78 is 11.1. The molecule has 0 saturated carbocycles. The number of nitrogens with one attached hydrogen (secondary N) is 1. The minimum absolute atomic E-state index is 0.112. The lowest BCUT2D eigenvalue weighted by molar-refractivity contribution is 0.0876. The van der Waals surface area contributed by atoms with E-state index in [9.17, 15) is 9.90 Å². The van der Waals surface area contributed by atoms with Gasteiger partial charge in [-0.15, -0.1) is 0 Å². The maximum atomic E-state index is 12.2. The highest BCUT2D eigenvalue weighted by atomic mass is 16.5. The van der Waals surface area contributed by atoms with Crippen LogP contribution in [0.1, 0.15) is 42.1 Å². The maximum Gasteiger partial charge on any atom is 0.287 e. The molecule has 0 spiro atoms. The monoisotopic (exact) mass is 342 g/mol. The third-order valence-corrected chi connectivity index (χ3v) is 3.56. The average molecular weight is 342 g/mol. The Morgan fingerprint density at radius 3 is 2.60 bits per heavy atom. The van der Waals surface area contributed by atoms with Crippen LogP contribution in [0, 0.1) is 17.2 Å². The normalized spacial score (nSPS) is 11.8. The van der Waals surface area contributed by atoms with Gasteiger partial charge in [0, 0.05) is 0 Å². The first-order chi connectivity index (χ1) is 12.0. The smallest absolute Gasteiger partial charge is 0.287 e. The van der Waals surface area contributed by atoms with E-state index >= 15 is 0 Å². The Morgan fingerprint density at radius 1 is 1.28 bits per heavy atom. The molecule has 1 amide bonds. The second kappa shape index (κ2) is 8.90. The van der Waals surface area contributed by atoms with E-state index in [1.165, 1.54) is 0 Å². The maximum absolute atomic E-state index is 12.2. The van der Waals surface area contributed by atoms with Gasteiger partial charge >= 0.3 is 0 Å². The van der Waals surface area contributed by atoms with Gasteiger partial charge in [0.25, 0.3) is 5.91 Å². The molecule has 0 aliphatic heterocycles. The Kier molecular flexibility index (Phi) is 6.61. The zero-order valence-corrected chi connectivity index (χ0v) is 14.4. The number of rotatable bonds is 8. The Hall–Kier alpha value is -2.78. The molecule has 1 aromatic heterocycles. The van der Waals surface area contributed by atoms with Gasteiger partial charge in [0.1, 0.15) is 18.1 Å². The zero-order chi connectivity index (χ0) is 18.2. The minimum atomic E-state index is -0.357. The van der Waals surface area contributed by atoms with E-state index in [-0.39, 0.29) is 30.9 Å². The van der Waals surface area contributed by atoms with E-state index in [0.29, 0.717) is 29.4 Å². The number of hydrogen-bond donors (Lipinski definition) is 2. The number of aliphatic hydroxyl groups is 1. The Bertz CT molecular complexity index is 729. The standard InChI is InChI=1S/C19H22N2O4/c1-13(2)9-15(11-22)21-19(23)18-8-7-17(25-18)12-24-16-5-3-14(10-20)4-6-16/h3-8,13,15,22H,9,11-12H2,1-2H3,(H,21,23). The summed E-state index contributed by atoms with van der Waals surface area (Å²) in [6.07, 6.45) is 0.692. The molecule has 0 aliphatic rings. The fourth-order valence-electron chi connectivity index (χ4n) is 2.36. The Morgan fingerprint density at radius 2 is 2.00 bits per heavy atom. The molecule has 1 atom stereocenters. The average Bonchev–Trinajstić information content (AvgIpc) is 3.08. The van der Waals surface area contributed by atoms with Gasteiger partial charge < -0.3 is 19.6 Å². The number of furan rings is 1. The predicted octanol–water partition coefficient (Wildman–Crippen LogP) is 2.87. The molecule has 2 rings (SSSR count). The first-order valence-corrected chi connectivity index (χ1v) is 8.15. The van der Waals surface area contributed by atoms with Gasteiger partial charge in [-0.2, -0.15) is 5.26 Å². The number of nitrogens with zero attached hydrogens (tertiary/aromatic N) is 1. The number of ether oxygens (including phenoxy) is 1.